The Morgan fingerprint density at radius 2 is 1.61 bits per heavy atom. The van der Waals surface area contributed by atoms with E-state index < -0.39 is 0 Å². The second kappa shape index (κ2) is 4.30. The lowest BCUT2D eigenvalue weighted by Gasteiger charge is -2.30. The molecule has 1 heterocycles. The molecule has 0 N–H and O–H groups in total. The Morgan fingerprint density at radius 1 is 0.944 bits per heavy atom. The second-order valence-electron chi connectivity index (χ2n) is 4.64. The molecule has 0 aliphatic carbocycles. The molecule has 3 rings (SSSR count). The molecule has 2 nitrogen and oxygen atoms in total. The van der Waals surface area contributed by atoms with Crippen molar-refractivity contribution in [1.29, 1.82) is 0 Å². The highest BCUT2D eigenvalue weighted by atomic mass is 16.5. The van der Waals surface area contributed by atoms with E-state index in [0.717, 1.165) is 11.1 Å². The monoisotopic (exact) mass is 238 g/mol. The van der Waals surface area contributed by atoms with E-state index in [2.05, 4.69) is 12.1 Å². The summed E-state index contributed by atoms with van der Waals surface area (Å²) < 4.78 is 5.36. The van der Waals surface area contributed by atoms with E-state index in [9.17, 15) is 4.79 Å². The molecule has 2 aromatic carbocycles. The number of para-hydroxylation sites is 1. The molecule has 0 spiro atoms. The van der Waals surface area contributed by atoms with Gasteiger partial charge in [0.1, 0.15) is 5.75 Å². The van der Waals surface area contributed by atoms with Gasteiger partial charge in [0, 0.05) is 11.5 Å². The summed E-state index contributed by atoms with van der Waals surface area (Å²) in [5, 5.41) is 0. The molecule has 2 aromatic rings. The molecule has 90 valence electrons. The Labute approximate surface area is 106 Å². The Hall–Kier alpha value is -2.09. The smallest absolute Gasteiger partial charge is 0.315 e. The molecule has 0 aromatic heterocycles. The Balaban J connectivity index is 2.15. The van der Waals surface area contributed by atoms with Gasteiger partial charge in [0.05, 0.1) is 5.92 Å². The van der Waals surface area contributed by atoms with E-state index in [1.165, 1.54) is 0 Å². The van der Waals surface area contributed by atoms with Crippen molar-refractivity contribution in [2.24, 2.45) is 5.92 Å². The first-order chi connectivity index (χ1) is 8.77. The Morgan fingerprint density at radius 3 is 2.39 bits per heavy atom. The zero-order chi connectivity index (χ0) is 12.5. The van der Waals surface area contributed by atoms with Gasteiger partial charge in [-0.25, -0.2) is 0 Å². The number of benzene rings is 2. The first kappa shape index (κ1) is 11.0. The molecule has 0 saturated heterocycles. The predicted octanol–water partition coefficient (Wildman–Crippen LogP) is 3.37. The molecule has 2 atom stereocenters. The predicted molar refractivity (Wildman–Crippen MR) is 69.5 cm³/mol. The number of carbonyl (C=O) groups is 1. The number of hydrogen-bond donors (Lipinski definition) is 0. The minimum atomic E-state index is -0.151. The maximum Gasteiger partial charge on any atom is 0.315 e. The molecule has 1 aliphatic rings. The van der Waals surface area contributed by atoms with Crippen LogP contribution in [0.25, 0.3) is 0 Å². The lowest BCUT2D eigenvalue weighted by Crippen LogP contribution is -2.30. The van der Waals surface area contributed by atoms with E-state index in [1.807, 2.05) is 49.4 Å². The van der Waals surface area contributed by atoms with Crippen molar-refractivity contribution in [3.05, 3.63) is 65.7 Å². The molecular weight excluding hydrogens is 224 g/mol. The van der Waals surface area contributed by atoms with Crippen LogP contribution >= 0.6 is 0 Å². The molecular formula is C16H14O2. The first-order valence-electron chi connectivity index (χ1n) is 6.13. The average molecular weight is 238 g/mol. The Bertz CT molecular complexity index is 575. The molecule has 2 unspecified atom stereocenters. The second-order valence-corrected chi connectivity index (χ2v) is 4.64. The maximum absolute atomic E-state index is 11.9. The molecule has 18 heavy (non-hydrogen) atoms. The van der Waals surface area contributed by atoms with Gasteiger partial charge in [-0.15, -0.1) is 0 Å². The quantitative estimate of drug-likeness (QED) is 0.562. The van der Waals surface area contributed by atoms with E-state index in [4.69, 9.17) is 4.74 Å². The van der Waals surface area contributed by atoms with Crippen LogP contribution < -0.4 is 4.74 Å². The summed E-state index contributed by atoms with van der Waals surface area (Å²) >= 11 is 0. The number of carbonyl (C=O) groups excluding carboxylic acids is 1. The molecule has 1 aliphatic heterocycles. The number of fused-ring (bicyclic) bond motifs is 1. The van der Waals surface area contributed by atoms with Crippen molar-refractivity contribution in [3.63, 3.8) is 0 Å². The third-order valence-corrected chi connectivity index (χ3v) is 3.50. The van der Waals surface area contributed by atoms with E-state index in [0.29, 0.717) is 5.75 Å². The van der Waals surface area contributed by atoms with Crippen LogP contribution in [0.5, 0.6) is 5.75 Å². The summed E-state index contributed by atoms with van der Waals surface area (Å²) in [6.07, 6.45) is 0. The molecule has 0 amide bonds. The van der Waals surface area contributed by atoms with Crippen LogP contribution in [0.1, 0.15) is 24.0 Å². The average Bonchev–Trinajstić information content (AvgIpc) is 2.41. The van der Waals surface area contributed by atoms with Gasteiger partial charge < -0.3 is 4.74 Å². The van der Waals surface area contributed by atoms with Gasteiger partial charge in [-0.1, -0.05) is 55.5 Å². The van der Waals surface area contributed by atoms with Crippen molar-refractivity contribution >= 4 is 5.97 Å². The van der Waals surface area contributed by atoms with Crippen molar-refractivity contribution in [2.75, 3.05) is 0 Å². The minimum Gasteiger partial charge on any atom is -0.426 e. The Kier molecular flexibility index (Phi) is 2.63. The van der Waals surface area contributed by atoms with Crippen LogP contribution in [0.3, 0.4) is 0 Å². The fourth-order valence-corrected chi connectivity index (χ4v) is 2.57. The summed E-state index contributed by atoms with van der Waals surface area (Å²) in [5.41, 5.74) is 2.25. The summed E-state index contributed by atoms with van der Waals surface area (Å²) in [6, 6.07) is 17.9. The van der Waals surface area contributed by atoms with Gasteiger partial charge >= 0.3 is 5.97 Å². The zero-order valence-electron chi connectivity index (χ0n) is 10.2. The topological polar surface area (TPSA) is 26.3 Å². The largest absolute Gasteiger partial charge is 0.426 e. The van der Waals surface area contributed by atoms with Crippen LogP contribution in [-0.4, -0.2) is 5.97 Å². The third kappa shape index (κ3) is 1.70. The summed E-state index contributed by atoms with van der Waals surface area (Å²) in [5.74, 6) is 0.475. The van der Waals surface area contributed by atoms with Crippen LogP contribution in [0.15, 0.2) is 54.6 Å². The highest BCUT2D eigenvalue weighted by Gasteiger charge is 2.35. The van der Waals surface area contributed by atoms with Crippen LogP contribution in [0.2, 0.25) is 0 Å². The van der Waals surface area contributed by atoms with E-state index >= 15 is 0 Å². The number of ether oxygens (including phenoxy) is 1. The van der Waals surface area contributed by atoms with Crippen molar-refractivity contribution in [3.8, 4) is 5.75 Å². The number of esters is 1. The SMILES string of the molecule is CC1C(=O)Oc2ccccc2C1c1ccccc1. The van der Waals surface area contributed by atoms with Gasteiger partial charge in [-0.05, 0) is 11.6 Å². The number of rotatable bonds is 1. The van der Waals surface area contributed by atoms with Gasteiger partial charge in [-0.3, -0.25) is 4.79 Å². The fourth-order valence-electron chi connectivity index (χ4n) is 2.57. The minimum absolute atomic E-state index is 0.0867. The van der Waals surface area contributed by atoms with E-state index in [1.54, 1.807) is 0 Å². The lowest BCUT2D eigenvalue weighted by molar-refractivity contribution is -0.140. The molecule has 0 fully saturated rings. The first-order valence-corrected chi connectivity index (χ1v) is 6.13. The lowest BCUT2D eigenvalue weighted by atomic mass is 9.80. The highest BCUT2D eigenvalue weighted by molar-refractivity contribution is 5.80. The third-order valence-electron chi connectivity index (χ3n) is 3.50. The molecule has 2 heteroatoms. The summed E-state index contributed by atoms with van der Waals surface area (Å²) in [6.45, 7) is 1.93. The van der Waals surface area contributed by atoms with Crippen LogP contribution in [0, 0.1) is 5.92 Å². The summed E-state index contributed by atoms with van der Waals surface area (Å²) in [7, 11) is 0. The van der Waals surface area contributed by atoms with Gasteiger partial charge in [0.25, 0.3) is 0 Å². The number of hydrogen-bond acceptors (Lipinski definition) is 2. The summed E-state index contributed by atoms with van der Waals surface area (Å²) in [4.78, 5) is 11.9. The van der Waals surface area contributed by atoms with Crippen molar-refractivity contribution in [2.45, 2.75) is 12.8 Å². The van der Waals surface area contributed by atoms with E-state index in [-0.39, 0.29) is 17.8 Å². The normalized spacial score (nSPS) is 22.2. The maximum atomic E-state index is 11.9. The van der Waals surface area contributed by atoms with Crippen LogP contribution in [-0.2, 0) is 4.79 Å². The molecule has 0 saturated carbocycles. The van der Waals surface area contributed by atoms with Gasteiger partial charge in [0.2, 0.25) is 0 Å². The molecule has 0 radical (unpaired) electrons. The fraction of sp³-hybridized carbons (Fsp3) is 0.188. The molecule has 0 bridgehead atoms. The standard InChI is InChI=1S/C16H14O2/c1-11-15(12-7-3-2-4-8-12)13-9-5-6-10-14(13)18-16(11)17/h2-11,15H,1H3. The van der Waals surface area contributed by atoms with Crippen molar-refractivity contribution in [1.82, 2.24) is 0 Å². The zero-order valence-corrected chi connectivity index (χ0v) is 10.2. The van der Waals surface area contributed by atoms with Gasteiger partial charge in [-0.2, -0.15) is 0 Å². The van der Waals surface area contributed by atoms with Crippen molar-refractivity contribution < 1.29 is 9.53 Å². The highest BCUT2D eigenvalue weighted by Crippen LogP contribution is 2.41. The van der Waals surface area contributed by atoms with Gasteiger partial charge in [0.15, 0.2) is 0 Å². The van der Waals surface area contributed by atoms with Crippen LogP contribution in [0.4, 0.5) is 0 Å².